The van der Waals surface area contributed by atoms with Crippen molar-refractivity contribution in [3.63, 3.8) is 0 Å². The van der Waals surface area contributed by atoms with Gasteiger partial charge in [-0.1, -0.05) is 19.8 Å². The highest BCUT2D eigenvalue weighted by Gasteiger charge is 2.21. The van der Waals surface area contributed by atoms with Crippen molar-refractivity contribution in [1.82, 2.24) is 0 Å². The summed E-state index contributed by atoms with van der Waals surface area (Å²) >= 11 is 0. The number of hydrogen-bond donors (Lipinski definition) is 0. The van der Waals surface area contributed by atoms with Crippen molar-refractivity contribution in [2.24, 2.45) is 0 Å². The van der Waals surface area contributed by atoms with Gasteiger partial charge in [-0.15, -0.1) is 0 Å². The molecule has 0 aliphatic rings. The molecule has 0 spiro atoms. The number of unbranched alkanes of at least 4 members (excludes halogenated alkanes) is 2. The molecule has 2 nitrogen and oxygen atoms in total. The summed E-state index contributed by atoms with van der Waals surface area (Å²) in [5, 5.41) is 8.71. The zero-order valence-electron chi connectivity index (χ0n) is 7.68. The van der Waals surface area contributed by atoms with Gasteiger partial charge in [0.1, 0.15) is 0 Å². The molecule has 0 amide bonds. The molecule has 0 bridgehead atoms. The molecule has 1 atom stereocenters. The first-order valence-corrected chi connectivity index (χ1v) is 4.15. The largest absolute Gasteiger partial charge is 0.364 e. The molecule has 0 aliphatic carbocycles. The van der Waals surface area contributed by atoms with E-state index in [0.717, 1.165) is 12.8 Å². The van der Waals surface area contributed by atoms with Crippen LogP contribution in [-0.4, -0.2) is 12.7 Å². The van der Waals surface area contributed by atoms with E-state index in [4.69, 9.17) is 10.00 Å². The molecule has 0 saturated heterocycles. The molecule has 0 rings (SSSR count). The summed E-state index contributed by atoms with van der Waals surface area (Å²) in [6, 6.07) is 2.16. The Labute approximate surface area is 69.2 Å². The molecule has 0 aromatic heterocycles. The van der Waals surface area contributed by atoms with Crippen LogP contribution in [0.3, 0.4) is 0 Å². The van der Waals surface area contributed by atoms with E-state index in [2.05, 4.69) is 13.0 Å². The van der Waals surface area contributed by atoms with E-state index in [0.29, 0.717) is 0 Å². The third-order valence-corrected chi connectivity index (χ3v) is 1.94. The molecule has 0 aliphatic heterocycles. The highest BCUT2D eigenvalue weighted by atomic mass is 16.5. The molecule has 0 aromatic carbocycles. The van der Waals surface area contributed by atoms with Crippen LogP contribution in [0.5, 0.6) is 0 Å². The number of rotatable bonds is 5. The topological polar surface area (TPSA) is 33.0 Å². The van der Waals surface area contributed by atoms with Gasteiger partial charge in [0, 0.05) is 7.11 Å². The molecule has 0 saturated carbocycles. The van der Waals surface area contributed by atoms with E-state index in [1.54, 1.807) is 7.11 Å². The molecule has 64 valence electrons. The van der Waals surface area contributed by atoms with Crippen LogP contribution in [0, 0.1) is 11.3 Å². The number of hydrogen-bond acceptors (Lipinski definition) is 2. The SMILES string of the molecule is CCCCCC(C)(C#N)OC. The zero-order chi connectivity index (χ0) is 8.74. The fourth-order valence-electron chi connectivity index (χ4n) is 0.916. The Kier molecular flexibility index (Phi) is 4.89. The van der Waals surface area contributed by atoms with Gasteiger partial charge in [-0.3, -0.25) is 0 Å². The summed E-state index contributed by atoms with van der Waals surface area (Å²) in [5.41, 5.74) is -0.560. The summed E-state index contributed by atoms with van der Waals surface area (Å²) in [6.07, 6.45) is 4.29. The lowest BCUT2D eigenvalue weighted by atomic mass is 10.00. The second kappa shape index (κ2) is 5.15. The van der Waals surface area contributed by atoms with Crippen molar-refractivity contribution in [1.29, 1.82) is 5.26 Å². The van der Waals surface area contributed by atoms with Crippen molar-refractivity contribution >= 4 is 0 Å². The van der Waals surface area contributed by atoms with Crippen molar-refractivity contribution in [2.45, 2.75) is 45.1 Å². The van der Waals surface area contributed by atoms with Crippen LogP contribution in [0.25, 0.3) is 0 Å². The zero-order valence-corrected chi connectivity index (χ0v) is 7.68. The van der Waals surface area contributed by atoms with E-state index < -0.39 is 5.60 Å². The van der Waals surface area contributed by atoms with E-state index in [-0.39, 0.29) is 0 Å². The van der Waals surface area contributed by atoms with Crippen LogP contribution in [0.4, 0.5) is 0 Å². The van der Waals surface area contributed by atoms with Gasteiger partial charge in [-0.2, -0.15) is 5.26 Å². The predicted octanol–water partition coefficient (Wildman–Crippen LogP) is 2.50. The van der Waals surface area contributed by atoms with Gasteiger partial charge in [0.15, 0.2) is 5.60 Å². The fourth-order valence-corrected chi connectivity index (χ4v) is 0.916. The Morgan fingerprint density at radius 1 is 1.45 bits per heavy atom. The maximum absolute atomic E-state index is 8.71. The van der Waals surface area contributed by atoms with E-state index >= 15 is 0 Å². The molecule has 0 aromatic rings. The molecule has 11 heavy (non-hydrogen) atoms. The van der Waals surface area contributed by atoms with Crippen LogP contribution >= 0.6 is 0 Å². The Morgan fingerprint density at radius 3 is 2.45 bits per heavy atom. The van der Waals surface area contributed by atoms with E-state index in [9.17, 15) is 0 Å². The first-order chi connectivity index (χ1) is 5.18. The summed E-state index contributed by atoms with van der Waals surface area (Å²) in [6.45, 7) is 3.99. The Morgan fingerprint density at radius 2 is 2.09 bits per heavy atom. The Bertz CT molecular complexity index is 139. The molecular weight excluding hydrogens is 138 g/mol. The summed E-state index contributed by atoms with van der Waals surface area (Å²) in [5.74, 6) is 0. The van der Waals surface area contributed by atoms with Crippen LogP contribution < -0.4 is 0 Å². The highest BCUT2D eigenvalue weighted by molar-refractivity contribution is 4.97. The lowest BCUT2D eigenvalue weighted by Crippen LogP contribution is -2.24. The van der Waals surface area contributed by atoms with Crippen LogP contribution in [0.2, 0.25) is 0 Å². The number of nitriles is 1. The molecular formula is C9H17NO. The third kappa shape index (κ3) is 4.00. The number of nitrogens with zero attached hydrogens (tertiary/aromatic N) is 1. The first-order valence-electron chi connectivity index (χ1n) is 4.15. The van der Waals surface area contributed by atoms with Crippen molar-refractivity contribution in [3.8, 4) is 6.07 Å². The molecule has 1 unspecified atom stereocenters. The average molecular weight is 155 g/mol. The van der Waals surface area contributed by atoms with Crippen molar-refractivity contribution in [2.75, 3.05) is 7.11 Å². The second-order valence-corrected chi connectivity index (χ2v) is 3.00. The summed E-state index contributed by atoms with van der Waals surface area (Å²) in [4.78, 5) is 0. The molecule has 0 radical (unpaired) electrons. The van der Waals surface area contributed by atoms with Gasteiger partial charge in [-0.05, 0) is 19.8 Å². The van der Waals surface area contributed by atoms with E-state index in [1.165, 1.54) is 12.8 Å². The first kappa shape index (κ1) is 10.4. The molecule has 0 heterocycles. The van der Waals surface area contributed by atoms with Gasteiger partial charge < -0.3 is 4.74 Å². The number of methoxy groups -OCH3 is 1. The maximum Gasteiger partial charge on any atom is 0.151 e. The molecule has 0 fully saturated rings. The van der Waals surface area contributed by atoms with Gasteiger partial charge >= 0.3 is 0 Å². The maximum atomic E-state index is 8.71. The summed E-state index contributed by atoms with van der Waals surface area (Å²) in [7, 11) is 1.59. The normalized spacial score (nSPS) is 15.5. The predicted molar refractivity (Wildman–Crippen MR) is 45.2 cm³/mol. The minimum atomic E-state index is -0.560. The lowest BCUT2D eigenvalue weighted by Gasteiger charge is -2.18. The van der Waals surface area contributed by atoms with Gasteiger partial charge in [-0.25, -0.2) is 0 Å². The smallest absolute Gasteiger partial charge is 0.151 e. The Balaban J connectivity index is 3.63. The van der Waals surface area contributed by atoms with Gasteiger partial charge in [0.25, 0.3) is 0 Å². The summed E-state index contributed by atoms with van der Waals surface area (Å²) < 4.78 is 5.07. The molecule has 2 heteroatoms. The number of ether oxygens (including phenoxy) is 1. The Hall–Kier alpha value is -0.550. The standard InChI is InChI=1S/C9H17NO/c1-4-5-6-7-9(2,8-10)11-3/h4-7H2,1-3H3. The molecule has 0 N–H and O–H groups in total. The fraction of sp³-hybridized carbons (Fsp3) is 0.889. The van der Waals surface area contributed by atoms with Crippen LogP contribution in [0.15, 0.2) is 0 Å². The average Bonchev–Trinajstić information content (AvgIpc) is 2.05. The van der Waals surface area contributed by atoms with Crippen LogP contribution in [-0.2, 0) is 4.74 Å². The quantitative estimate of drug-likeness (QED) is 0.571. The second-order valence-electron chi connectivity index (χ2n) is 3.00. The third-order valence-electron chi connectivity index (χ3n) is 1.94. The monoisotopic (exact) mass is 155 g/mol. The lowest BCUT2D eigenvalue weighted by molar-refractivity contribution is 0.0459. The highest BCUT2D eigenvalue weighted by Crippen LogP contribution is 2.16. The minimum Gasteiger partial charge on any atom is -0.364 e. The minimum absolute atomic E-state index is 0.560. The van der Waals surface area contributed by atoms with Gasteiger partial charge in [0.05, 0.1) is 6.07 Å². The van der Waals surface area contributed by atoms with Crippen LogP contribution in [0.1, 0.15) is 39.5 Å². The van der Waals surface area contributed by atoms with Gasteiger partial charge in [0.2, 0.25) is 0 Å². The van der Waals surface area contributed by atoms with E-state index in [1.807, 2.05) is 6.92 Å². The van der Waals surface area contributed by atoms with Crippen molar-refractivity contribution in [3.05, 3.63) is 0 Å². The van der Waals surface area contributed by atoms with Crippen molar-refractivity contribution < 1.29 is 4.74 Å².